The van der Waals surface area contributed by atoms with Gasteiger partial charge in [0.1, 0.15) is 11.6 Å². The Labute approximate surface area is 193 Å². The van der Waals surface area contributed by atoms with Crippen LogP contribution in [0.3, 0.4) is 0 Å². The molecule has 2 amide bonds. The highest BCUT2D eigenvalue weighted by Crippen LogP contribution is 2.32. The average molecular weight is 489 g/mol. The number of anilines is 1. The second kappa shape index (κ2) is 11.5. The summed E-state index contributed by atoms with van der Waals surface area (Å²) in [6.07, 6.45) is 0.774. The fourth-order valence-electron chi connectivity index (χ4n) is 2.93. The van der Waals surface area contributed by atoms with Crippen molar-refractivity contribution in [2.24, 2.45) is 0 Å². The maximum atomic E-state index is 12.2. The number of carboxylic acid groups (broad SMARTS) is 1. The molecule has 2 heterocycles. The lowest BCUT2D eigenvalue weighted by Crippen LogP contribution is -2.38. The lowest BCUT2D eigenvalue weighted by Gasteiger charge is -2.26. The van der Waals surface area contributed by atoms with Crippen LogP contribution in [0.4, 0.5) is 9.80 Å². The Morgan fingerprint density at radius 3 is 2.81 bits per heavy atom. The van der Waals surface area contributed by atoms with E-state index in [1.807, 2.05) is 0 Å². The first-order chi connectivity index (χ1) is 15.0. The number of urea groups is 1. The van der Waals surface area contributed by atoms with Gasteiger partial charge >= 0.3 is 12.0 Å². The number of halogens is 2. The minimum absolute atomic E-state index is 0.0173. The van der Waals surface area contributed by atoms with Gasteiger partial charge in [0.05, 0.1) is 23.3 Å². The first-order valence-electron chi connectivity index (χ1n) is 9.59. The Kier molecular flexibility index (Phi) is 8.73. The van der Waals surface area contributed by atoms with Gasteiger partial charge in [0.25, 0.3) is 0 Å². The summed E-state index contributed by atoms with van der Waals surface area (Å²) in [7, 11) is 0. The highest BCUT2D eigenvalue weighted by atomic mass is 35.5. The summed E-state index contributed by atoms with van der Waals surface area (Å²) in [5.74, 6) is -1.36. The molecule has 0 aliphatic carbocycles. The maximum absolute atomic E-state index is 12.2. The molecular formula is C19H22Cl2N4O5S. The van der Waals surface area contributed by atoms with E-state index in [4.69, 9.17) is 32.7 Å². The summed E-state index contributed by atoms with van der Waals surface area (Å²) < 4.78 is 14.9. The van der Waals surface area contributed by atoms with Gasteiger partial charge in [-0.25, -0.2) is 9.59 Å². The molecule has 1 aromatic carbocycles. The van der Waals surface area contributed by atoms with Crippen molar-refractivity contribution in [1.82, 2.24) is 14.6 Å². The number of ether oxygens (including phenoxy) is 2. The molecule has 1 aliphatic rings. The molecule has 12 heteroatoms. The third kappa shape index (κ3) is 6.68. The summed E-state index contributed by atoms with van der Waals surface area (Å²) in [5, 5.41) is 15.6. The topological polar surface area (TPSA) is 113 Å². The Balaban J connectivity index is 1.52. The normalized spacial score (nSPS) is 14.3. The number of rotatable bonds is 9. The number of amides is 2. The first kappa shape index (κ1) is 23.6. The van der Waals surface area contributed by atoms with E-state index in [2.05, 4.69) is 19.9 Å². The molecule has 3 rings (SSSR count). The third-order valence-corrected chi connectivity index (χ3v) is 6.14. The van der Waals surface area contributed by atoms with E-state index >= 15 is 0 Å². The van der Waals surface area contributed by atoms with Gasteiger partial charge in [-0.2, -0.15) is 4.37 Å². The van der Waals surface area contributed by atoms with Crippen LogP contribution in [-0.2, 0) is 11.3 Å². The number of nitrogens with one attached hydrogen (secondary N) is 2. The van der Waals surface area contributed by atoms with Crippen LogP contribution in [0.25, 0.3) is 0 Å². The molecule has 31 heavy (non-hydrogen) atoms. The second-order valence-electron chi connectivity index (χ2n) is 6.69. The number of carbonyl (C=O) groups excluding carboxylic acids is 1. The Morgan fingerprint density at radius 1 is 1.29 bits per heavy atom. The standard InChI is InChI=1S/C19H22Cl2N4O5S/c20-13-4-1-3-12(15(13)21)11-30-16-14(18(26)27)17(31-24-16)23-19(28)22-5-2-6-25-7-9-29-10-8-25/h1,3-4H,2,5-11H2,(H,26,27)(H2,22,23,28). The molecule has 0 unspecified atom stereocenters. The van der Waals surface area contributed by atoms with Crippen LogP contribution in [0.15, 0.2) is 18.2 Å². The third-order valence-electron chi connectivity index (χ3n) is 4.54. The van der Waals surface area contributed by atoms with Crippen molar-refractivity contribution in [2.75, 3.05) is 44.7 Å². The summed E-state index contributed by atoms with van der Waals surface area (Å²) in [4.78, 5) is 26.1. The second-order valence-corrected chi connectivity index (χ2v) is 8.25. The van der Waals surface area contributed by atoms with E-state index in [1.165, 1.54) is 0 Å². The molecule has 0 radical (unpaired) electrons. The van der Waals surface area contributed by atoms with E-state index < -0.39 is 12.0 Å². The molecule has 2 aromatic rings. The van der Waals surface area contributed by atoms with Crippen LogP contribution in [-0.4, -0.2) is 65.8 Å². The number of nitrogens with zero attached hydrogens (tertiary/aromatic N) is 2. The summed E-state index contributed by atoms with van der Waals surface area (Å²) in [6, 6.07) is 4.56. The lowest BCUT2D eigenvalue weighted by molar-refractivity contribution is 0.0375. The smallest absolute Gasteiger partial charge is 0.344 e. The van der Waals surface area contributed by atoms with Crippen LogP contribution in [0.2, 0.25) is 10.0 Å². The molecule has 9 nitrogen and oxygen atoms in total. The van der Waals surface area contributed by atoms with Crippen LogP contribution < -0.4 is 15.4 Å². The first-order valence-corrected chi connectivity index (χ1v) is 11.1. The highest BCUT2D eigenvalue weighted by molar-refractivity contribution is 7.11. The number of carboxylic acids is 1. The van der Waals surface area contributed by atoms with Gasteiger partial charge in [-0.3, -0.25) is 10.2 Å². The Bertz CT molecular complexity index is 921. The average Bonchev–Trinajstić information content (AvgIpc) is 3.15. The fraction of sp³-hybridized carbons (Fsp3) is 0.421. The van der Waals surface area contributed by atoms with Gasteiger partial charge in [0.15, 0.2) is 5.56 Å². The molecule has 0 atom stereocenters. The molecule has 1 saturated heterocycles. The predicted molar refractivity (Wildman–Crippen MR) is 119 cm³/mol. The summed E-state index contributed by atoms with van der Waals surface area (Å²) in [5.41, 5.74) is 0.373. The summed E-state index contributed by atoms with van der Waals surface area (Å²) in [6.45, 7) is 4.53. The number of hydrogen-bond acceptors (Lipinski definition) is 7. The van der Waals surface area contributed by atoms with Crippen molar-refractivity contribution in [1.29, 1.82) is 0 Å². The zero-order valence-corrected chi connectivity index (χ0v) is 18.9. The number of morpholine rings is 1. The number of aromatic nitrogens is 1. The predicted octanol–water partition coefficient (Wildman–Crippen LogP) is 3.57. The van der Waals surface area contributed by atoms with Crippen LogP contribution in [0.5, 0.6) is 5.88 Å². The number of benzene rings is 1. The fourth-order valence-corrected chi connectivity index (χ4v) is 4.03. The van der Waals surface area contributed by atoms with E-state index in [0.717, 1.165) is 50.8 Å². The Morgan fingerprint density at radius 2 is 2.06 bits per heavy atom. The van der Waals surface area contributed by atoms with Crippen molar-refractivity contribution >= 4 is 51.7 Å². The van der Waals surface area contributed by atoms with Gasteiger partial charge in [0, 0.05) is 25.2 Å². The van der Waals surface area contributed by atoms with Crippen LogP contribution >= 0.6 is 34.7 Å². The molecule has 0 spiro atoms. The van der Waals surface area contributed by atoms with Gasteiger partial charge in [-0.05, 0) is 30.6 Å². The molecule has 0 bridgehead atoms. The molecular weight excluding hydrogens is 467 g/mol. The van der Waals surface area contributed by atoms with Crippen LogP contribution in [0.1, 0.15) is 22.3 Å². The van der Waals surface area contributed by atoms with Crippen molar-refractivity contribution in [3.8, 4) is 5.88 Å². The van der Waals surface area contributed by atoms with Crippen LogP contribution in [0, 0.1) is 0 Å². The molecule has 1 fully saturated rings. The molecule has 0 saturated carbocycles. The molecule has 3 N–H and O–H groups in total. The Hall–Kier alpha value is -2.11. The number of hydrogen-bond donors (Lipinski definition) is 3. The monoisotopic (exact) mass is 488 g/mol. The minimum Gasteiger partial charge on any atom is -0.477 e. The van der Waals surface area contributed by atoms with E-state index in [1.54, 1.807) is 18.2 Å². The van der Waals surface area contributed by atoms with Gasteiger partial charge in [-0.15, -0.1) is 0 Å². The minimum atomic E-state index is -1.26. The van der Waals surface area contributed by atoms with Gasteiger partial charge in [0.2, 0.25) is 5.88 Å². The molecule has 1 aliphatic heterocycles. The maximum Gasteiger partial charge on any atom is 0.344 e. The van der Waals surface area contributed by atoms with Crippen molar-refractivity contribution in [3.05, 3.63) is 39.4 Å². The molecule has 1 aromatic heterocycles. The molecule has 168 valence electrons. The summed E-state index contributed by atoms with van der Waals surface area (Å²) >= 11 is 12.9. The van der Waals surface area contributed by atoms with E-state index in [9.17, 15) is 14.7 Å². The SMILES string of the molecule is O=C(NCCCN1CCOCC1)Nc1snc(OCc2cccc(Cl)c2Cl)c1C(=O)O. The van der Waals surface area contributed by atoms with Crippen molar-refractivity contribution in [3.63, 3.8) is 0 Å². The number of carbonyl (C=O) groups is 2. The quantitative estimate of drug-likeness (QED) is 0.462. The van der Waals surface area contributed by atoms with Crippen molar-refractivity contribution < 1.29 is 24.2 Å². The lowest BCUT2D eigenvalue weighted by atomic mass is 10.2. The largest absolute Gasteiger partial charge is 0.477 e. The van der Waals surface area contributed by atoms with Gasteiger partial charge < -0.3 is 19.9 Å². The van der Waals surface area contributed by atoms with Gasteiger partial charge in [-0.1, -0.05) is 35.3 Å². The van der Waals surface area contributed by atoms with E-state index in [-0.39, 0.29) is 23.1 Å². The number of aromatic carboxylic acids is 1. The van der Waals surface area contributed by atoms with E-state index in [0.29, 0.717) is 22.2 Å². The zero-order valence-electron chi connectivity index (χ0n) is 16.5. The zero-order chi connectivity index (χ0) is 22.2. The van der Waals surface area contributed by atoms with Crippen molar-refractivity contribution in [2.45, 2.75) is 13.0 Å². The highest BCUT2D eigenvalue weighted by Gasteiger charge is 2.23.